The molecule has 0 aromatic carbocycles. The zero-order valence-corrected chi connectivity index (χ0v) is 8.81. The van der Waals surface area contributed by atoms with E-state index in [0.29, 0.717) is 0 Å². The average Bonchev–Trinajstić information content (AvgIpc) is 3.03. The van der Waals surface area contributed by atoms with Gasteiger partial charge in [0.1, 0.15) is 0 Å². The fourth-order valence-corrected chi connectivity index (χ4v) is 1.04. The van der Waals surface area contributed by atoms with Crippen LogP contribution < -0.4 is 5.73 Å². The Morgan fingerprint density at radius 3 is 2.53 bits per heavy atom. The van der Waals surface area contributed by atoms with Gasteiger partial charge in [-0.1, -0.05) is 6.92 Å². The standard InChI is InChI=1S/C8H10N2.C3H6O2/c9-7-3-4-8(10-5-7)6-1-2-6;1-2-3(4)5/h3-6H,1-2,9H2;2H2,1H3,(H,4,5). The van der Waals surface area contributed by atoms with Gasteiger partial charge in [0.15, 0.2) is 0 Å². The summed E-state index contributed by atoms with van der Waals surface area (Å²) in [4.78, 5) is 13.6. The van der Waals surface area contributed by atoms with E-state index in [2.05, 4.69) is 4.98 Å². The Labute approximate surface area is 89.1 Å². The summed E-state index contributed by atoms with van der Waals surface area (Å²) in [5.41, 5.74) is 7.44. The SMILES string of the molecule is CCC(=O)O.Nc1ccc(C2CC2)nc1. The topological polar surface area (TPSA) is 76.2 Å². The van der Waals surface area contributed by atoms with Crippen LogP contribution in [-0.2, 0) is 4.79 Å². The summed E-state index contributed by atoms with van der Waals surface area (Å²) < 4.78 is 0. The van der Waals surface area contributed by atoms with Crippen molar-refractivity contribution in [2.24, 2.45) is 0 Å². The largest absolute Gasteiger partial charge is 0.481 e. The van der Waals surface area contributed by atoms with Crippen molar-refractivity contribution < 1.29 is 9.90 Å². The van der Waals surface area contributed by atoms with E-state index in [1.807, 2.05) is 12.1 Å². The number of carboxylic acid groups (broad SMARTS) is 1. The predicted octanol–water partition coefficient (Wildman–Crippen LogP) is 2.02. The quantitative estimate of drug-likeness (QED) is 0.779. The molecule has 0 amide bonds. The summed E-state index contributed by atoms with van der Waals surface area (Å²) in [6.45, 7) is 1.60. The van der Waals surface area contributed by atoms with E-state index in [0.717, 1.165) is 11.6 Å². The molecule has 15 heavy (non-hydrogen) atoms. The first-order valence-electron chi connectivity index (χ1n) is 5.06. The number of carboxylic acids is 1. The number of hydrogen-bond donors (Lipinski definition) is 2. The molecule has 0 aliphatic heterocycles. The van der Waals surface area contributed by atoms with E-state index >= 15 is 0 Å². The van der Waals surface area contributed by atoms with Crippen molar-refractivity contribution in [3.05, 3.63) is 24.0 Å². The lowest BCUT2D eigenvalue weighted by molar-refractivity contribution is -0.136. The highest BCUT2D eigenvalue weighted by atomic mass is 16.4. The second-order valence-corrected chi connectivity index (χ2v) is 3.54. The van der Waals surface area contributed by atoms with Crippen LogP contribution in [0, 0.1) is 0 Å². The summed E-state index contributed by atoms with van der Waals surface area (Å²) in [5, 5.41) is 7.72. The van der Waals surface area contributed by atoms with Crippen LogP contribution in [0.2, 0.25) is 0 Å². The van der Waals surface area contributed by atoms with Gasteiger partial charge in [-0.2, -0.15) is 0 Å². The number of nitrogens with zero attached hydrogens (tertiary/aromatic N) is 1. The molecule has 0 unspecified atom stereocenters. The van der Waals surface area contributed by atoms with Gasteiger partial charge in [-0.05, 0) is 25.0 Å². The summed E-state index contributed by atoms with van der Waals surface area (Å²) in [7, 11) is 0. The molecular formula is C11H16N2O2. The molecule has 3 N–H and O–H groups in total. The number of nitrogen functional groups attached to an aromatic ring is 1. The summed E-state index contributed by atoms with van der Waals surface area (Å²) in [6, 6.07) is 3.94. The van der Waals surface area contributed by atoms with Gasteiger partial charge in [0, 0.05) is 18.0 Å². The molecule has 0 spiro atoms. The first-order valence-corrected chi connectivity index (χ1v) is 5.06. The van der Waals surface area contributed by atoms with E-state index in [9.17, 15) is 4.79 Å². The molecule has 4 nitrogen and oxygen atoms in total. The molecule has 4 heteroatoms. The van der Waals surface area contributed by atoms with Crippen molar-refractivity contribution in [2.75, 3.05) is 5.73 Å². The Hall–Kier alpha value is -1.58. The number of aliphatic carboxylic acids is 1. The fourth-order valence-electron chi connectivity index (χ4n) is 1.04. The first kappa shape index (κ1) is 11.5. The molecule has 1 saturated carbocycles. The monoisotopic (exact) mass is 208 g/mol. The van der Waals surface area contributed by atoms with Gasteiger partial charge in [-0.3, -0.25) is 9.78 Å². The predicted molar refractivity (Wildman–Crippen MR) is 58.6 cm³/mol. The summed E-state index contributed by atoms with van der Waals surface area (Å²) >= 11 is 0. The molecule has 1 heterocycles. The van der Waals surface area contributed by atoms with Gasteiger partial charge >= 0.3 is 5.97 Å². The van der Waals surface area contributed by atoms with Crippen molar-refractivity contribution in [1.82, 2.24) is 4.98 Å². The molecule has 0 atom stereocenters. The molecule has 2 rings (SSSR count). The van der Waals surface area contributed by atoms with Crippen molar-refractivity contribution >= 4 is 11.7 Å². The zero-order valence-electron chi connectivity index (χ0n) is 8.81. The van der Waals surface area contributed by atoms with Crippen LogP contribution in [0.15, 0.2) is 18.3 Å². The van der Waals surface area contributed by atoms with Crippen molar-refractivity contribution in [1.29, 1.82) is 0 Å². The highest BCUT2D eigenvalue weighted by molar-refractivity contribution is 5.66. The van der Waals surface area contributed by atoms with Crippen LogP contribution >= 0.6 is 0 Å². The van der Waals surface area contributed by atoms with E-state index in [1.54, 1.807) is 13.1 Å². The van der Waals surface area contributed by atoms with Gasteiger partial charge in [0.05, 0.1) is 11.9 Å². The van der Waals surface area contributed by atoms with Crippen LogP contribution in [0.4, 0.5) is 5.69 Å². The van der Waals surface area contributed by atoms with E-state index in [1.165, 1.54) is 18.5 Å². The lowest BCUT2D eigenvalue weighted by atomic mass is 10.2. The maximum atomic E-state index is 9.37. The Balaban J connectivity index is 0.000000195. The van der Waals surface area contributed by atoms with Gasteiger partial charge in [0.25, 0.3) is 0 Å². The third kappa shape index (κ3) is 4.44. The highest BCUT2D eigenvalue weighted by Crippen LogP contribution is 2.38. The lowest BCUT2D eigenvalue weighted by Gasteiger charge is -1.95. The number of rotatable bonds is 2. The molecule has 82 valence electrons. The maximum Gasteiger partial charge on any atom is 0.303 e. The third-order valence-electron chi connectivity index (χ3n) is 2.11. The summed E-state index contributed by atoms with van der Waals surface area (Å²) in [5.74, 6) is -0.00870. The second-order valence-electron chi connectivity index (χ2n) is 3.54. The number of pyridine rings is 1. The van der Waals surface area contributed by atoms with Gasteiger partial charge < -0.3 is 10.8 Å². The van der Waals surface area contributed by atoms with Crippen molar-refractivity contribution in [3.63, 3.8) is 0 Å². The minimum absolute atomic E-state index is 0.222. The molecular weight excluding hydrogens is 192 g/mol. The fraction of sp³-hybridized carbons (Fsp3) is 0.455. The molecule has 1 aromatic heterocycles. The Morgan fingerprint density at radius 1 is 1.60 bits per heavy atom. The van der Waals surface area contributed by atoms with Crippen LogP contribution in [0.3, 0.4) is 0 Å². The zero-order chi connectivity index (χ0) is 11.3. The third-order valence-corrected chi connectivity index (χ3v) is 2.11. The average molecular weight is 208 g/mol. The maximum absolute atomic E-state index is 9.37. The number of aromatic nitrogens is 1. The van der Waals surface area contributed by atoms with E-state index in [-0.39, 0.29) is 6.42 Å². The van der Waals surface area contributed by atoms with Crippen LogP contribution in [0.25, 0.3) is 0 Å². The number of hydrogen-bond acceptors (Lipinski definition) is 3. The minimum Gasteiger partial charge on any atom is -0.481 e. The second kappa shape index (κ2) is 5.34. The van der Waals surface area contributed by atoms with Gasteiger partial charge in [0.2, 0.25) is 0 Å². The Kier molecular flexibility index (Phi) is 4.09. The molecule has 0 radical (unpaired) electrons. The molecule has 0 bridgehead atoms. The minimum atomic E-state index is -0.745. The highest BCUT2D eigenvalue weighted by Gasteiger charge is 2.24. The number of nitrogens with two attached hydrogens (primary N) is 1. The first-order chi connectivity index (χ1) is 7.13. The molecule has 1 aliphatic rings. The van der Waals surface area contributed by atoms with E-state index < -0.39 is 5.97 Å². The van der Waals surface area contributed by atoms with Crippen LogP contribution in [0.1, 0.15) is 37.8 Å². The normalized spacial score (nSPS) is 13.9. The molecule has 1 fully saturated rings. The number of carbonyl (C=O) groups is 1. The molecule has 0 saturated heterocycles. The van der Waals surface area contributed by atoms with Gasteiger partial charge in [-0.15, -0.1) is 0 Å². The molecule has 1 aromatic rings. The summed E-state index contributed by atoms with van der Waals surface area (Å²) in [6.07, 6.45) is 4.56. The lowest BCUT2D eigenvalue weighted by Crippen LogP contribution is -1.89. The Morgan fingerprint density at radius 2 is 2.20 bits per heavy atom. The number of anilines is 1. The van der Waals surface area contributed by atoms with Crippen LogP contribution in [-0.4, -0.2) is 16.1 Å². The molecule has 1 aliphatic carbocycles. The van der Waals surface area contributed by atoms with Crippen LogP contribution in [0.5, 0.6) is 0 Å². The van der Waals surface area contributed by atoms with Gasteiger partial charge in [-0.25, -0.2) is 0 Å². The smallest absolute Gasteiger partial charge is 0.303 e. The Bertz CT molecular complexity index is 318. The van der Waals surface area contributed by atoms with Crippen molar-refractivity contribution in [2.45, 2.75) is 32.1 Å². The van der Waals surface area contributed by atoms with Crippen molar-refractivity contribution in [3.8, 4) is 0 Å². The van der Waals surface area contributed by atoms with E-state index in [4.69, 9.17) is 10.8 Å².